The number of alkyl halides is 3. The van der Waals surface area contributed by atoms with Crippen LogP contribution in [0.25, 0.3) is 0 Å². The third-order valence-corrected chi connectivity index (χ3v) is 7.97. The molecule has 0 aromatic heterocycles. The van der Waals surface area contributed by atoms with E-state index in [1.54, 1.807) is 25.1 Å². The van der Waals surface area contributed by atoms with Gasteiger partial charge in [-0.2, -0.15) is 13.2 Å². The number of aryl methyl sites for hydroxylation is 2. The van der Waals surface area contributed by atoms with Gasteiger partial charge in [0.15, 0.2) is 11.5 Å². The van der Waals surface area contributed by atoms with Crippen molar-refractivity contribution in [3.8, 4) is 11.5 Å². The van der Waals surface area contributed by atoms with Crippen LogP contribution in [0.2, 0.25) is 5.02 Å². The number of anilines is 1. The number of carbonyl (C=O) groups is 1. The van der Waals surface area contributed by atoms with E-state index in [1.165, 1.54) is 26.4 Å². The van der Waals surface area contributed by atoms with Crippen LogP contribution in [0.15, 0.2) is 65.6 Å². The van der Waals surface area contributed by atoms with Crippen molar-refractivity contribution in [2.24, 2.45) is 0 Å². The summed E-state index contributed by atoms with van der Waals surface area (Å²) in [5.74, 6) is 0.471. The molecule has 0 aliphatic carbocycles. The Balaban J connectivity index is 1.79. The van der Waals surface area contributed by atoms with E-state index in [0.29, 0.717) is 34.7 Å². The second-order valence-corrected chi connectivity index (χ2v) is 10.9. The molecular formula is C27H28ClF3N2O5S. The lowest BCUT2D eigenvalue weighted by molar-refractivity contribution is -0.137. The molecule has 39 heavy (non-hydrogen) atoms. The molecule has 12 heteroatoms. The lowest BCUT2D eigenvalue weighted by Crippen LogP contribution is -2.41. The largest absolute Gasteiger partial charge is 0.493 e. The molecule has 1 N–H and O–H groups in total. The maximum Gasteiger partial charge on any atom is 0.417 e. The summed E-state index contributed by atoms with van der Waals surface area (Å²) in [5.41, 5.74) is 0.179. The maximum absolute atomic E-state index is 13.5. The summed E-state index contributed by atoms with van der Waals surface area (Å²) >= 11 is 5.73. The fraction of sp³-hybridized carbons (Fsp3) is 0.296. The van der Waals surface area contributed by atoms with E-state index in [-0.39, 0.29) is 17.1 Å². The van der Waals surface area contributed by atoms with E-state index in [1.807, 2.05) is 12.1 Å². The molecule has 0 aliphatic heterocycles. The standard InChI is InChI=1S/C27H28ClF3N2O5S/c1-18-6-10-21(11-7-18)39(35,36)33(20-9-12-23(28)22(16-20)27(29,30)31)17-26(34)32-14-4-5-19-8-13-24(37-2)25(15-19)38-3/h6-13,15-16H,4-5,14,17H2,1-3H3,(H,32,34). The van der Waals surface area contributed by atoms with Gasteiger partial charge in [-0.15, -0.1) is 0 Å². The maximum atomic E-state index is 13.5. The van der Waals surface area contributed by atoms with Gasteiger partial charge in [-0.1, -0.05) is 35.4 Å². The van der Waals surface area contributed by atoms with Crippen LogP contribution in [0.5, 0.6) is 11.5 Å². The number of ether oxygens (including phenoxy) is 2. The number of halogens is 4. The van der Waals surface area contributed by atoms with Gasteiger partial charge in [0.05, 0.1) is 35.4 Å². The molecule has 0 saturated carbocycles. The molecule has 0 heterocycles. The molecule has 0 unspecified atom stereocenters. The van der Waals surface area contributed by atoms with Crippen molar-refractivity contribution in [1.29, 1.82) is 0 Å². The Hall–Kier alpha value is -3.44. The first kappa shape index (κ1) is 30.1. The minimum atomic E-state index is -4.82. The first-order valence-electron chi connectivity index (χ1n) is 11.8. The molecule has 1 amide bonds. The van der Waals surface area contributed by atoms with Crippen LogP contribution in [-0.4, -0.2) is 41.6 Å². The number of benzene rings is 3. The normalized spacial score (nSPS) is 11.7. The van der Waals surface area contributed by atoms with Gasteiger partial charge in [0.1, 0.15) is 6.54 Å². The highest BCUT2D eigenvalue weighted by Gasteiger charge is 2.35. The molecule has 0 aliphatic rings. The summed E-state index contributed by atoms with van der Waals surface area (Å²) in [6.07, 6.45) is -3.72. The lowest BCUT2D eigenvalue weighted by atomic mass is 10.1. The molecule has 7 nitrogen and oxygen atoms in total. The number of sulfonamides is 1. The van der Waals surface area contributed by atoms with Gasteiger partial charge >= 0.3 is 6.18 Å². The number of hydrogen-bond acceptors (Lipinski definition) is 5. The highest BCUT2D eigenvalue weighted by atomic mass is 35.5. The quantitative estimate of drug-likeness (QED) is 0.295. The molecule has 0 fully saturated rings. The Kier molecular flexibility index (Phi) is 9.73. The lowest BCUT2D eigenvalue weighted by Gasteiger charge is -2.25. The average Bonchev–Trinajstić information content (AvgIpc) is 2.89. The zero-order valence-electron chi connectivity index (χ0n) is 21.5. The highest BCUT2D eigenvalue weighted by molar-refractivity contribution is 7.92. The fourth-order valence-electron chi connectivity index (χ4n) is 3.78. The molecule has 3 rings (SSSR count). The van der Waals surface area contributed by atoms with Gasteiger partial charge in [0.25, 0.3) is 10.0 Å². The van der Waals surface area contributed by atoms with Crippen LogP contribution < -0.4 is 19.1 Å². The number of hydrogen-bond donors (Lipinski definition) is 1. The number of carbonyl (C=O) groups excluding carboxylic acids is 1. The van der Waals surface area contributed by atoms with Crippen molar-refractivity contribution in [2.75, 3.05) is 31.6 Å². The second kappa shape index (κ2) is 12.6. The van der Waals surface area contributed by atoms with Crippen molar-refractivity contribution >= 4 is 33.2 Å². The van der Waals surface area contributed by atoms with E-state index < -0.39 is 39.2 Å². The summed E-state index contributed by atoms with van der Waals surface area (Å²) < 4.78 is 78.6. The van der Waals surface area contributed by atoms with E-state index in [4.69, 9.17) is 21.1 Å². The predicted molar refractivity (Wildman–Crippen MR) is 143 cm³/mol. The van der Waals surface area contributed by atoms with E-state index in [0.717, 1.165) is 23.3 Å². The van der Waals surface area contributed by atoms with Crippen molar-refractivity contribution in [3.63, 3.8) is 0 Å². The van der Waals surface area contributed by atoms with Crippen LogP contribution >= 0.6 is 11.6 Å². The Labute approximate surface area is 230 Å². The Bertz CT molecular complexity index is 1410. The predicted octanol–water partition coefficient (Wildman–Crippen LogP) is 5.63. The smallest absolute Gasteiger partial charge is 0.417 e. The van der Waals surface area contributed by atoms with Gasteiger partial charge in [-0.3, -0.25) is 9.10 Å². The summed E-state index contributed by atoms with van der Waals surface area (Å²) in [5, 5.41) is 2.06. The van der Waals surface area contributed by atoms with Gasteiger partial charge in [-0.25, -0.2) is 8.42 Å². The fourth-order valence-corrected chi connectivity index (χ4v) is 5.42. The summed E-state index contributed by atoms with van der Waals surface area (Å²) in [4.78, 5) is 12.6. The molecule has 0 bridgehead atoms. The summed E-state index contributed by atoms with van der Waals surface area (Å²) in [7, 11) is -1.34. The van der Waals surface area contributed by atoms with E-state index in [2.05, 4.69) is 5.32 Å². The average molecular weight is 585 g/mol. The number of methoxy groups -OCH3 is 2. The molecule has 0 atom stereocenters. The molecular weight excluding hydrogens is 557 g/mol. The van der Waals surface area contributed by atoms with Crippen molar-refractivity contribution < 1.29 is 35.9 Å². The van der Waals surface area contributed by atoms with Crippen LogP contribution in [0, 0.1) is 6.92 Å². The van der Waals surface area contributed by atoms with Crippen LogP contribution in [0.1, 0.15) is 23.1 Å². The third-order valence-electron chi connectivity index (χ3n) is 5.85. The van der Waals surface area contributed by atoms with Crippen molar-refractivity contribution in [3.05, 3.63) is 82.4 Å². The topological polar surface area (TPSA) is 84.9 Å². The van der Waals surface area contributed by atoms with Crippen LogP contribution in [-0.2, 0) is 27.4 Å². The monoisotopic (exact) mass is 584 g/mol. The highest BCUT2D eigenvalue weighted by Crippen LogP contribution is 2.38. The number of rotatable bonds is 11. The van der Waals surface area contributed by atoms with Gasteiger partial charge in [-0.05, 0) is 67.8 Å². The molecule has 3 aromatic carbocycles. The van der Waals surface area contributed by atoms with Gasteiger partial charge < -0.3 is 14.8 Å². The molecule has 0 radical (unpaired) electrons. The molecule has 0 saturated heterocycles. The van der Waals surface area contributed by atoms with Gasteiger partial charge in [0, 0.05) is 6.54 Å². The van der Waals surface area contributed by atoms with E-state index in [9.17, 15) is 26.4 Å². The number of nitrogens with zero attached hydrogens (tertiary/aromatic N) is 1. The molecule has 0 spiro atoms. The molecule has 210 valence electrons. The third kappa shape index (κ3) is 7.57. The van der Waals surface area contributed by atoms with Crippen LogP contribution in [0.3, 0.4) is 0 Å². The Morgan fingerprint density at radius 1 is 0.974 bits per heavy atom. The Morgan fingerprint density at radius 2 is 1.64 bits per heavy atom. The van der Waals surface area contributed by atoms with Crippen LogP contribution in [0.4, 0.5) is 18.9 Å². The number of amides is 1. The second-order valence-electron chi connectivity index (χ2n) is 8.63. The Morgan fingerprint density at radius 3 is 2.26 bits per heavy atom. The van der Waals surface area contributed by atoms with E-state index >= 15 is 0 Å². The summed E-state index contributed by atoms with van der Waals surface area (Å²) in [6.45, 7) is 1.24. The number of nitrogens with one attached hydrogen (secondary N) is 1. The first-order valence-corrected chi connectivity index (χ1v) is 13.6. The minimum absolute atomic E-state index is 0.169. The zero-order chi connectivity index (χ0) is 28.8. The van der Waals surface area contributed by atoms with Gasteiger partial charge in [0.2, 0.25) is 5.91 Å². The summed E-state index contributed by atoms with van der Waals surface area (Å²) in [6, 6.07) is 13.9. The zero-order valence-corrected chi connectivity index (χ0v) is 23.1. The SMILES string of the molecule is COc1ccc(CCCNC(=O)CN(c2ccc(Cl)c(C(F)(F)F)c2)S(=O)(=O)c2ccc(C)cc2)cc1OC. The first-order chi connectivity index (χ1) is 18.4. The van der Waals surface area contributed by atoms with Crippen molar-refractivity contribution in [2.45, 2.75) is 30.8 Å². The van der Waals surface area contributed by atoms with Crippen molar-refractivity contribution in [1.82, 2.24) is 5.32 Å². The minimum Gasteiger partial charge on any atom is -0.493 e. The molecule has 3 aromatic rings.